The SMILES string of the molecule is CC(C)C=CC(C)C1CCC(C2=CC(O)C3CC(O)CCC3(C)C2=O)C1(C)CCO. The summed E-state index contributed by atoms with van der Waals surface area (Å²) in [4.78, 5) is 13.8. The Balaban J connectivity index is 1.94. The lowest BCUT2D eigenvalue weighted by Crippen LogP contribution is -2.52. The van der Waals surface area contributed by atoms with Gasteiger partial charge in [-0.05, 0) is 79.3 Å². The maximum Gasteiger partial charge on any atom is 0.165 e. The minimum Gasteiger partial charge on any atom is -0.396 e. The fourth-order valence-corrected chi connectivity index (χ4v) is 6.87. The van der Waals surface area contributed by atoms with Crippen LogP contribution in [0.4, 0.5) is 0 Å². The Hall–Kier alpha value is -0.970. The fourth-order valence-electron chi connectivity index (χ4n) is 6.87. The third kappa shape index (κ3) is 4.08. The highest BCUT2D eigenvalue weighted by molar-refractivity contribution is 6.01. The molecule has 0 aromatic rings. The van der Waals surface area contributed by atoms with Crippen LogP contribution in [-0.2, 0) is 4.79 Å². The van der Waals surface area contributed by atoms with E-state index in [1.807, 2.05) is 13.0 Å². The van der Waals surface area contributed by atoms with E-state index in [2.05, 4.69) is 39.8 Å². The summed E-state index contributed by atoms with van der Waals surface area (Å²) in [5.41, 5.74) is 0.0224. The summed E-state index contributed by atoms with van der Waals surface area (Å²) in [6, 6.07) is 0. The van der Waals surface area contributed by atoms with Crippen LogP contribution in [0.1, 0.15) is 73.1 Å². The Bertz CT molecular complexity index is 695. The zero-order chi connectivity index (χ0) is 22.3. The van der Waals surface area contributed by atoms with Gasteiger partial charge in [0.1, 0.15) is 0 Å². The van der Waals surface area contributed by atoms with Crippen molar-refractivity contribution in [2.24, 2.45) is 40.4 Å². The zero-order valence-corrected chi connectivity index (χ0v) is 19.5. The lowest BCUT2D eigenvalue weighted by Gasteiger charge is -2.49. The molecule has 4 heteroatoms. The lowest BCUT2D eigenvalue weighted by molar-refractivity contribution is -0.138. The molecule has 0 amide bonds. The van der Waals surface area contributed by atoms with Crippen LogP contribution in [0.5, 0.6) is 0 Å². The van der Waals surface area contributed by atoms with E-state index in [4.69, 9.17) is 0 Å². The van der Waals surface area contributed by atoms with E-state index < -0.39 is 17.6 Å². The van der Waals surface area contributed by atoms with Gasteiger partial charge in [0.25, 0.3) is 0 Å². The molecule has 3 rings (SSSR count). The first-order valence-electron chi connectivity index (χ1n) is 12.0. The van der Waals surface area contributed by atoms with Crippen molar-refractivity contribution < 1.29 is 20.1 Å². The number of carbonyl (C=O) groups excluding carboxylic acids is 1. The molecule has 170 valence electrons. The largest absolute Gasteiger partial charge is 0.396 e. The molecule has 8 atom stereocenters. The summed E-state index contributed by atoms with van der Waals surface area (Å²) in [6.45, 7) is 11.0. The van der Waals surface area contributed by atoms with Crippen molar-refractivity contribution >= 4 is 5.78 Å². The van der Waals surface area contributed by atoms with Crippen molar-refractivity contribution in [1.82, 2.24) is 0 Å². The van der Waals surface area contributed by atoms with Crippen LogP contribution in [0, 0.1) is 40.4 Å². The van der Waals surface area contributed by atoms with Gasteiger partial charge in [-0.2, -0.15) is 0 Å². The van der Waals surface area contributed by atoms with E-state index in [9.17, 15) is 20.1 Å². The molecule has 4 nitrogen and oxygen atoms in total. The standard InChI is InChI=1S/C26H42O4/c1-16(2)6-7-17(3)20-8-9-21(25(20,4)12-13-27)19-15-23(29)22-14-18(28)10-11-26(22,5)24(19)30/h6-7,15-18,20-23,27-29H,8-14H2,1-5H3. The molecule has 0 aromatic heterocycles. The normalized spacial score (nSPS) is 43.2. The maximum atomic E-state index is 13.8. The molecule has 0 spiro atoms. The first-order chi connectivity index (χ1) is 14.0. The highest BCUT2D eigenvalue weighted by Gasteiger charge is 2.56. The third-order valence-corrected chi connectivity index (χ3v) is 8.75. The van der Waals surface area contributed by atoms with Crippen LogP contribution in [-0.4, -0.2) is 39.9 Å². The summed E-state index contributed by atoms with van der Waals surface area (Å²) in [6.07, 6.45) is 9.63. The highest BCUT2D eigenvalue weighted by atomic mass is 16.3. The molecule has 0 aromatic carbocycles. The zero-order valence-electron chi connectivity index (χ0n) is 19.5. The van der Waals surface area contributed by atoms with Gasteiger partial charge >= 0.3 is 0 Å². The molecular formula is C26H42O4. The van der Waals surface area contributed by atoms with Crippen molar-refractivity contribution in [3.8, 4) is 0 Å². The van der Waals surface area contributed by atoms with Gasteiger partial charge in [0.05, 0.1) is 12.2 Å². The summed E-state index contributed by atoms with van der Waals surface area (Å²) in [5.74, 6) is 1.32. The summed E-state index contributed by atoms with van der Waals surface area (Å²) in [7, 11) is 0. The van der Waals surface area contributed by atoms with Crippen LogP contribution in [0.15, 0.2) is 23.8 Å². The van der Waals surface area contributed by atoms with E-state index in [0.29, 0.717) is 43.4 Å². The van der Waals surface area contributed by atoms with Gasteiger partial charge in [-0.1, -0.05) is 46.8 Å². The van der Waals surface area contributed by atoms with Gasteiger partial charge in [-0.15, -0.1) is 0 Å². The molecule has 2 saturated carbocycles. The molecule has 0 saturated heterocycles. The molecular weight excluding hydrogens is 376 g/mol. The second-order valence-electron chi connectivity index (χ2n) is 11.1. The number of fused-ring (bicyclic) bond motifs is 1. The van der Waals surface area contributed by atoms with Crippen molar-refractivity contribution in [3.63, 3.8) is 0 Å². The van der Waals surface area contributed by atoms with Crippen LogP contribution in [0.25, 0.3) is 0 Å². The van der Waals surface area contributed by atoms with Crippen molar-refractivity contribution in [2.75, 3.05) is 6.61 Å². The summed E-state index contributed by atoms with van der Waals surface area (Å²) < 4.78 is 0. The molecule has 0 aliphatic heterocycles. The maximum absolute atomic E-state index is 13.8. The molecule has 2 fully saturated rings. The summed E-state index contributed by atoms with van der Waals surface area (Å²) >= 11 is 0. The molecule has 8 unspecified atom stereocenters. The van der Waals surface area contributed by atoms with E-state index in [0.717, 1.165) is 18.4 Å². The Morgan fingerprint density at radius 2 is 1.83 bits per heavy atom. The predicted octanol–water partition coefficient (Wildman–Crippen LogP) is 4.29. The molecule has 0 heterocycles. The van der Waals surface area contributed by atoms with Gasteiger partial charge in [-0.25, -0.2) is 0 Å². The Morgan fingerprint density at radius 1 is 1.13 bits per heavy atom. The van der Waals surface area contributed by atoms with E-state index in [1.165, 1.54) is 0 Å². The highest BCUT2D eigenvalue weighted by Crippen LogP contribution is 2.59. The van der Waals surface area contributed by atoms with Gasteiger partial charge in [0.15, 0.2) is 5.78 Å². The lowest BCUT2D eigenvalue weighted by atomic mass is 9.55. The van der Waals surface area contributed by atoms with E-state index in [1.54, 1.807) is 0 Å². The number of aliphatic hydroxyl groups is 3. The van der Waals surface area contributed by atoms with Crippen molar-refractivity contribution in [2.45, 2.75) is 85.4 Å². The molecule has 3 aliphatic rings. The van der Waals surface area contributed by atoms with Crippen LogP contribution in [0.2, 0.25) is 0 Å². The third-order valence-electron chi connectivity index (χ3n) is 8.75. The van der Waals surface area contributed by atoms with Crippen LogP contribution in [0.3, 0.4) is 0 Å². The number of aliphatic hydroxyl groups excluding tert-OH is 3. The quantitative estimate of drug-likeness (QED) is 0.563. The number of hydrogen-bond acceptors (Lipinski definition) is 4. The molecule has 0 bridgehead atoms. The average molecular weight is 419 g/mol. The number of allylic oxidation sites excluding steroid dienone is 3. The summed E-state index contributed by atoms with van der Waals surface area (Å²) in [5, 5.41) is 31.0. The van der Waals surface area contributed by atoms with Crippen molar-refractivity contribution in [1.29, 1.82) is 0 Å². The Morgan fingerprint density at radius 3 is 2.47 bits per heavy atom. The Kier molecular flexibility index (Phi) is 7.01. The smallest absolute Gasteiger partial charge is 0.165 e. The van der Waals surface area contributed by atoms with Gasteiger partial charge in [0, 0.05) is 17.9 Å². The van der Waals surface area contributed by atoms with Crippen LogP contribution >= 0.6 is 0 Å². The number of rotatable bonds is 6. The number of Topliss-reactive ketones (excluding diaryl/α,β-unsaturated/α-hetero) is 1. The number of hydrogen-bond donors (Lipinski definition) is 3. The van der Waals surface area contributed by atoms with Crippen LogP contribution < -0.4 is 0 Å². The van der Waals surface area contributed by atoms with E-state index in [-0.39, 0.29) is 29.6 Å². The fraction of sp³-hybridized carbons (Fsp3) is 0.808. The van der Waals surface area contributed by atoms with Gasteiger partial charge in [-0.3, -0.25) is 4.79 Å². The average Bonchev–Trinajstić information content (AvgIpc) is 3.01. The van der Waals surface area contributed by atoms with Gasteiger partial charge in [0.2, 0.25) is 0 Å². The molecule has 0 radical (unpaired) electrons. The molecule has 3 aliphatic carbocycles. The Labute approximate surface area is 182 Å². The first kappa shape index (κ1) is 23.7. The topological polar surface area (TPSA) is 77.8 Å². The molecule has 30 heavy (non-hydrogen) atoms. The second kappa shape index (κ2) is 8.88. The monoisotopic (exact) mass is 418 g/mol. The number of carbonyl (C=O) groups is 1. The first-order valence-corrected chi connectivity index (χ1v) is 12.0. The molecule has 3 N–H and O–H groups in total. The van der Waals surface area contributed by atoms with Gasteiger partial charge < -0.3 is 15.3 Å². The van der Waals surface area contributed by atoms with Crippen molar-refractivity contribution in [3.05, 3.63) is 23.8 Å². The minimum absolute atomic E-state index is 0.0660. The second-order valence-corrected chi connectivity index (χ2v) is 11.1. The number of ketones is 1. The predicted molar refractivity (Wildman–Crippen MR) is 120 cm³/mol. The minimum atomic E-state index is -0.687. The van der Waals surface area contributed by atoms with E-state index >= 15 is 0 Å².